The van der Waals surface area contributed by atoms with Crippen molar-refractivity contribution in [1.82, 2.24) is 0 Å². The van der Waals surface area contributed by atoms with Gasteiger partial charge in [-0.15, -0.1) is 0 Å². The van der Waals surface area contributed by atoms with Crippen LogP contribution in [0, 0.1) is 28.6 Å². The number of nitrogens with zero attached hydrogens (tertiary/aromatic N) is 2. The van der Waals surface area contributed by atoms with Crippen molar-refractivity contribution in [3.8, 4) is 12.1 Å². The van der Waals surface area contributed by atoms with Gasteiger partial charge in [0.1, 0.15) is 5.92 Å². The zero-order valence-corrected chi connectivity index (χ0v) is 13.6. The lowest BCUT2D eigenvalue weighted by Gasteiger charge is -2.19. The summed E-state index contributed by atoms with van der Waals surface area (Å²) in [6.45, 7) is 0. The summed E-state index contributed by atoms with van der Waals surface area (Å²) in [7, 11) is 0. The Hall–Kier alpha value is -2.33. The molecule has 0 fully saturated rings. The number of benzene rings is 2. The van der Waals surface area contributed by atoms with Crippen molar-refractivity contribution in [1.29, 1.82) is 10.5 Å². The first-order chi connectivity index (χ1) is 11.1. The van der Waals surface area contributed by atoms with Crippen molar-refractivity contribution in [2.75, 3.05) is 0 Å². The lowest BCUT2D eigenvalue weighted by molar-refractivity contribution is 0.0971. The van der Waals surface area contributed by atoms with Crippen LogP contribution in [0.15, 0.2) is 48.5 Å². The SMILES string of the molecule is N#CC(C#N)[C@H](CC(=O)c1ccccc1)c1ccc(Cl)cc1Cl. The predicted molar refractivity (Wildman–Crippen MR) is 89.3 cm³/mol. The van der Waals surface area contributed by atoms with Crippen LogP contribution in [0.4, 0.5) is 0 Å². The van der Waals surface area contributed by atoms with Crippen LogP contribution in [0.5, 0.6) is 0 Å². The predicted octanol–water partition coefficient (Wildman–Crippen LogP) is 5.01. The molecule has 0 aromatic heterocycles. The summed E-state index contributed by atoms with van der Waals surface area (Å²) in [6, 6.07) is 17.5. The Morgan fingerprint density at radius 3 is 2.26 bits per heavy atom. The van der Waals surface area contributed by atoms with E-state index < -0.39 is 11.8 Å². The minimum atomic E-state index is -0.971. The minimum absolute atomic E-state index is 0.0250. The van der Waals surface area contributed by atoms with Gasteiger partial charge < -0.3 is 0 Å². The van der Waals surface area contributed by atoms with Crippen molar-refractivity contribution in [2.45, 2.75) is 12.3 Å². The first kappa shape index (κ1) is 17.0. The van der Waals surface area contributed by atoms with Crippen LogP contribution in [-0.2, 0) is 0 Å². The Morgan fingerprint density at radius 2 is 1.70 bits per heavy atom. The fourth-order valence-corrected chi connectivity index (χ4v) is 2.91. The fourth-order valence-electron chi connectivity index (χ4n) is 2.36. The molecular formula is C18H12Cl2N2O. The summed E-state index contributed by atoms with van der Waals surface area (Å²) in [5.41, 5.74) is 1.12. The van der Waals surface area contributed by atoms with Gasteiger partial charge in [-0.25, -0.2) is 0 Å². The highest BCUT2D eigenvalue weighted by Gasteiger charge is 2.28. The van der Waals surface area contributed by atoms with E-state index in [1.165, 1.54) is 0 Å². The Balaban J connectivity index is 2.38. The molecule has 0 aliphatic heterocycles. The lowest BCUT2D eigenvalue weighted by atomic mass is 9.82. The van der Waals surface area contributed by atoms with Crippen LogP contribution in [0.3, 0.4) is 0 Å². The molecule has 0 unspecified atom stereocenters. The molecule has 2 aromatic carbocycles. The molecule has 1 atom stereocenters. The van der Waals surface area contributed by atoms with Gasteiger partial charge in [0.2, 0.25) is 0 Å². The zero-order chi connectivity index (χ0) is 16.8. The summed E-state index contributed by atoms with van der Waals surface area (Å²) in [4.78, 5) is 12.5. The molecule has 0 bridgehead atoms. The second-order valence-corrected chi connectivity index (χ2v) is 5.85. The van der Waals surface area contributed by atoms with Crippen LogP contribution in [0.1, 0.15) is 28.3 Å². The van der Waals surface area contributed by atoms with E-state index in [0.717, 1.165) is 0 Å². The molecule has 0 heterocycles. The number of hydrogen-bond acceptors (Lipinski definition) is 3. The number of hydrogen-bond donors (Lipinski definition) is 0. The molecule has 2 aromatic rings. The summed E-state index contributed by atoms with van der Waals surface area (Å²) in [5.74, 6) is -1.72. The molecule has 0 radical (unpaired) electrons. The fraction of sp³-hybridized carbons (Fsp3) is 0.167. The largest absolute Gasteiger partial charge is 0.294 e. The Labute approximate surface area is 144 Å². The van der Waals surface area contributed by atoms with Crippen molar-refractivity contribution in [2.24, 2.45) is 5.92 Å². The van der Waals surface area contributed by atoms with E-state index in [-0.39, 0.29) is 12.2 Å². The summed E-state index contributed by atoms with van der Waals surface area (Å²) in [6.07, 6.45) is 0.0250. The van der Waals surface area contributed by atoms with Gasteiger partial charge in [-0.05, 0) is 17.7 Å². The highest BCUT2D eigenvalue weighted by atomic mass is 35.5. The van der Waals surface area contributed by atoms with Crippen LogP contribution >= 0.6 is 23.2 Å². The standard InChI is InChI=1S/C18H12Cl2N2O/c19-14-6-7-15(17(20)8-14)16(13(10-21)11-22)9-18(23)12-4-2-1-3-5-12/h1-8,13,16H,9H2/t16-/m0/s1. The monoisotopic (exact) mass is 342 g/mol. The average molecular weight is 343 g/mol. The van der Waals surface area contributed by atoms with Gasteiger partial charge in [0.15, 0.2) is 5.78 Å². The molecule has 0 N–H and O–H groups in total. The average Bonchev–Trinajstić information content (AvgIpc) is 2.56. The van der Waals surface area contributed by atoms with E-state index in [2.05, 4.69) is 0 Å². The Morgan fingerprint density at radius 1 is 1.04 bits per heavy atom. The number of nitriles is 2. The van der Waals surface area contributed by atoms with Gasteiger partial charge in [-0.3, -0.25) is 4.79 Å². The van der Waals surface area contributed by atoms with Crippen molar-refractivity contribution in [3.05, 3.63) is 69.7 Å². The highest BCUT2D eigenvalue weighted by Crippen LogP contribution is 2.35. The van der Waals surface area contributed by atoms with Gasteiger partial charge in [-0.1, -0.05) is 59.6 Å². The maximum absolute atomic E-state index is 12.5. The van der Waals surface area contributed by atoms with E-state index in [4.69, 9.17) is 23.2 Å². The van der Waals surface area contributed by atoms with E-state index in [1.807, 2.05) is 18.2 Å². The maximum atomic E-state index is 12.5. The number of carbonyl (C=O) groups is 1. The van der Waals surface area contributed by atoms with Crippen LogP contribution in [0.25, 0.3) is 0 Å². The molecule has 0 aliphatic rings. The maximum Gasteiger partial charge on any atom is 0.163 e. The molecule has 114 valence electrons. The summed E-state index contributed by atoms with van der Waals surface area (Å²) >= 11 is 12.1. The van der Waals surface area contributed by atoms with Gasteiger partial charge >= 0.3 is 0 Å². The van der Waals surface area contributed by atoms with Crippen molar-refractivity contribution >= 4 is 29.0 Å². The number of halogens is 2. The van der Waals surface area contributed by atoms with Crippen LogP contribution in [0.2, 0.25) is 10.0 Å². The van der Waals surface area contributed by atoms with Gasteiger partial charge in [0, 0.05) is 27.9 Å². The topological polar surface area (TPSA) is 64.7 Å². The first-order valence-electron chi connectivity index (χ1n) is 6.89. The molecule has 0 saturated heterocycles. The molecule has 0 aliphatic carbocycles. The number of ketones is 1. The van der Waals surface area contributed by atoms with Crippen LogP contribution < -0.4 is 0 Å². The quantitative estimate of drug-likeness (QED) is 0.717. The third-order valence-corrected chi connectivity index (χ3v) is 4.11. The van der Waals surface area contributed by atoms with Crippen molar-refractivity contribution in [3.63, 3.8) is 0 Å². The van der Waals surface area contributed by atoms with Gasteiger partial charge in [0.25, 0.3) is 0 Å². The number of rotatable bonds is 5. The molecular weight excluding hydrogens is 331 g/mol. The summed E-state index contributed by atoms with van der Waals surface area (Å²) < 4.78 is 0. The molecule has 2 rings (SSSR count). The highest BCUT2D eigenvalue weighted by molar-refractivity contribution is 6.35. The zero-order valence-electron chi connectivity index (χ0n) is 12.0. The van der Waals surface area contributed by atoms with E-state index in [9.17, 15) is 15.3 Å². The number of Topliss-reactive ketones (excluding diaryl/α,β-unsaturated/α-hetero) is 1. The lowest BCUT2D eigenvalue weighted by Crippen LogP contribution is -2.15. The van der Waals surface area contributed by atoms with E-state index in [1.54, 1.807) is 42.5 Å². The normalized spacial score (nSPS) is 11.5. The molecule has 0 saturated carbocycles. The second-order valence-electron chi connectivity index (χ2n) is 5.00. The third-order valence-electron chi connectivity index (χ3n) is 3.54. The second kappa shape index (κ2) is 7.79. The molecule has 3 nitrogen and oxygen atoms in total. The molecule has 23 heavy (non-hydrogen) atoms. The summed E-state index contributed by atoms with van der Waals surface area (Å²) in [5, 5.41) is 19.3. The third kappa shape index (κ3) is 4.11. The smallest absolute Gasteiger partial charge is 0.163 e. The van der Waals surface area contributed by atoms with Crippen LogP contribution in [-0.4, -0.2) is 5.78 Å². The van der Waals surface area contributed by atoms with E-state index in [0.29, 0.717) is 21.2 Å². The molecule has 0 amide bonds. The van der Waals surface area contributed by atoms with E-state index >= 15 is 0 Å². The molecule has 5 heteroatoms. The van der Waals surface area contributed by atoms with Crippen molar-refractivity contribution < 1.29 is 4.79 Å². The Kier molecular flexibility index (Phi) is 5.77. The Bertz CT molecular complexity index is 777. The van der Waals surface area contributed by atoms with Gasteiger partial charge in [-0.2, -0.15) is 10.5 Å². The molecule has 0 spiro atoms. The minimum Gasteiger partial charge on any atom is -0.294 e. The first-order valence-corrected chi connectivity index (χ1v) is 7.65. The number of carbonyl (C=O) groups excluding carboxylic acids is 1. The van der Waals surface area contributed by atoms with Gasteiger partial charge in [0.05, 0.1) is 12.1 Å².